The summed E-state index contributed by atoms with van der Waals surface area (Å²) in [5.41, 5.74) is 1.55. The monoisotopic (exact) mass is 287 g/mol. The van der Waals surface area contributed by atoms with Gasteiger partial charge < -0.3 is 4.90 Å². The molecule has 0 bridgehead atoms. The fourth-order valence-electron chi connectivity index (χ4n) is 2.93. The van der Waals surface area contributed by atoms with Crippen LogP contribution in [0.15, 0.2) is 24.5 Å². The van der Waals surface area contributed by atoms with Crippen LogP contribution in [0.25, 0.3) is 0 Å². The number of aromatic amines is 1. The lowest BCUT2D eigenvalue weighted by Crippen LogP contribution is -2.39. The lowest BCUT2D eigenvalue weighted by atomic mass is 9.99. The summed E-state index contributed by atoms with van der Waals surface area (Å²) < 4.78 is 1.84. The second-order valence-corrected chi connectivity index (χ2v) is 5.49. The van der Waals surface area contributed by atoms with Crippen LogP contribution in [0.2, 0.25) is 0 Å². The summed E-state index contributed by atoms with van der Waals surface area (Å²) in [6.45, 7) is 3.72. The summed E-state index contributed by atoms with van der Waals surface area (Å²) in [5, 5.41) is 11.4. The smallest absolute Gasteiger partial charge is 0.274 e. The van der Waals surface area contributed by atoms with Crippen LogP contribution in [0, 0.1) is 0 Å². The number of carbonyl (C=O) groups is 1. The molecule has 2 aromatic rings. The summed E-state index contributed by atoms with van der Waals surface area (Å²) in [5.74, 6) is 0.0177. The van der Waals surface area contributed by atoms with E-state index >= 15 is 0 Å². The van der Waals surface area contributed by atoms with Crippen molar-refractivity contribution < 1.29 is 4.79 Å². The van der Waals surface area contributed by atoms with Gasteiger partial charge in [0.15, 0.2) is 0 Å². The van der Waals surface area contributed by atoms with Gasteiger partial charge in [0.2, 0.25) is 0 Å². The molecule has 0 saturated carbocycles. The maximum Gasteiger partial charge on any atom is 0.274 e. The number of aryl methyl sites for hydroxylation is 1. The molecule has 6 nitrogen and oxygen atoms in total. The number of piperidine rings is 1. The Kier molecular flexibility index (Phi) is 4.03. The van der Waals surface area contributed by atoms with Gasteiger partial charge in [-0.25, -0.2) is 0 Å². The van der Waals surface area contributed by atoms with E-state index in [4.69, 9.17) is 0 Å². The minimum Gasteiger partial charge on any atom is -0.329 e. The summed E-state index contributed by atoms with van der Waals surface area (Å²) >= 11 is 0. The number of nitrogens with one attached hydrogen (secondary N) is 1. The molecule has 0 unspecified atom stereocenters. The van der Waals surface area contributed by atoms with Crippen LogP contribution in [-0.2, 0) is 6.54 Å². The molecule has 21 heavy (non-hydrogen) atoms. The molecule has 1 atom stereocenters. The van der Waals surface area contributed by atoms with E-state index in [9.17, 15) is 4.79 Å². The summed E-state index contributed by atoms with van der Waals surface area (Å²) in [7, 11) is 0. The second-order valence-electron chi connectivity index (χ2n) is 5.49. The van der Waals surface area contributed by atoms with Crippen LogP contribution < -0.4 is 0 Å². The van der Waals surface area contributed by atoms with Crippen molar-refractivity contribution in [1.29, 1.82) is 0 Å². The van der Waals surface area contributed by atoms with Crippen molar-refractivity contribution in [2.24, 2.45) is 0 Å². The average Bonchev–Trinajstić information content (AvgIpc) is 3.18. The van der Waals surface area contributed by atoms with Gasteiger partial charge in [-0.05, 0) is 37.8 Å². The molecule has 0 radical (unpaired) electrons. The Labute approximate surface area is 124 Å². The number of hydrogen-bond donors (Lipinski definition) is 1. The zero-order chi connectivity index (χ0) is 14.7. The topological polar surface area (TPSA) is 66.8 Å². The lowest BCUT2D eigenvalue weighted by molar-refractivity contribution is 0.0599. The molecule has 1 aliphatic heterocycles. The SMILES string of the molecule is CCCn1ccc(C(=O)N2CCCC[C@H]2c2ccn[nH]2)n1. The molecule has 0 aliphatic carbocycles. The van der Waals surface area contributed by atoms with Gasteiger partial charge in [0, 0.05) is 25.5 Å². The third kappa shape index (κ3) is 2.84. The van der Waals surface area contributed by atoms with Gasteiger partial charge in [0.05, 0.1) is 11.7 Å². The van der Waals surface area contributed by atoms with Crippen LogP contribution in [0.4, 0.5) is 0 Å². The average molecular weight is 287 g/mol. The zero-order valence-corrected chi connectivity index (χ0v) is 12.3. The maximum atomic E-state index is 12.7. The van der Waals surface area contributed by atoms with Gasteiger partial charge in [-0.2, -0.15) is 10.2 Å². The highest BCUT2D eigenvalue weighted by Crippen LogP contribution is 2.30. The normalized spacial score (nSPS) is 18.9. The Morgan fingerprint density at radius 2 is 2.33 bits per heavy atom. The minimum atomic E-state index is 0.0177. The summed E-state index contributed by atoms with van der Waals surface area (Å²) in [6.07, 6.45) is 7.79. The van der Waals surface area contributed by atoms with Gasteiger partial charge >= 0.3 is 0 Å². The van der Waals surface area contributed by atoms with Crippen LogP contribution >= 0.6 is 0 Å². The van der Waals surface area contributed by atoms with Crippen LogP contribution in [0.5, 0.6) is 0 Å². The van der Waals surface area contributed by atoms with Gasteiger partial charge in [-0.15, -0.1) is 0 Å². The van der Waals surface area contributed by atoms with E-state index in [1.807, 2.05) is 27.9 Å². The number of carbonyl (C=O) groups excluding carboxylic acids is 1. The van der Waals surface area contributed by atoms with E-state index < -0.39 is 0 Å². The molecule has 1 saturated heterocycles. The van der Waals surface area contributed by atoms with E-state index in [1.165, 1.54) is 0 Å². The Morgan fingerprint density at radius 3 is 3.10 bits per heavy atom. The number of H-pyrrole nitrogens is 1. The van der Waals surface area contributed by atoms with E-state index in [1.54, 1.807) is 6.20 Å². The van der Waals surface area contributed by atoms with Crippen molar-refractivity contribution in [2.75, 3.05) is 6.54 Å². The predicted octanol–water partition coefficient (Wildman–Crippen LogP) is 2.38. The quantitative estimate of drug-likeness (QED) is 0.939. The zero-order valence-electron chi connectivity index (χ0n) is 12.3. The Morgan fingerprint density at radius 1 is 1.43 bits per heavy atom. The number of rotatable bonds is 4. The van der Waals surface area contributed by atoms with Crippen LogP contribution in [0.3, 0.4) is 0 Å². The summed E-state index contributed by atoms with van der Waals surface area (Å²) in [6, 6.07) is 3.85. The van der Waals surface area contributed by atoms with Crippen molar-refractivity contribution in [3.8, 4) is 0 Å². The highest BCUT2D eigenvalue weighted by Gasteiger charge is 2.30. The van der Waals surface area contributed by atoms with Crippen LogP contribution in [-0.4, -0.2) is 37.3 Å². The number of amides is 1. The van der Waals surface area contributed by atoms with Crippen molar-refractivity contribution in [1.82, 2.24) is 24.9 Å². The highest BCUT2D eigenvalue weighted by molar-refractivity contribution is 5.92. The van der Waals surface area contributed by atoms with Crippen molar-refractivity contribution in [3.63, 3.8) is 0 Å². The largest absolute Gasteiger partial charge is 0.329 e. The molecule has 2 aromatic heterocycles. The van der Waals surface area contributed by atoms with E-state index in [-0.39, 0.29) is 11.9 Å². The first-order valence-electron chi connectivity index (χ1n) is 7.63. The molecule has 1 fully saturated rings. The molecule has 6 heteroatoms. The van der Waals surface area contributed by atoms with E-state index in [2.05, 4.69) is 22.2 Å². The fraction of sp³-hybridized carbons (Fsp3) is 0.533. The molecule has 1 N–H and O–H groups in total. The van der Waals surface area contributed by atoms with Crippen molar-refractivity contribution >= 4 is 5.91 Å². The van der Waals surface area contributed by atoms with Gasteiger partial charge in [0.25, 0.3) is 5.91 Å². The maximum absolute atomic E-state index is 12.7. The Hall–Kier alpha value is -2.11. The predicted molar refractivity (Wildman–Crippen MR) is 78.7 cm³/mol. The molecule has 3 heterocycles. The second kappa shape index (κ2) is 6.11. The third-order valence-electron chi connectivity index (χ3n) is 3.96. The molecule has 1 aliphatic rings. The third-order valence-corrected chi connectivity index (χ3v) is 3.96. The summed E-state index contributed by atoms with van der Waals surface area (Å²) in [4.78, 5) is 14.7. The molecule has 112 valence electrons. The highest BCUT2D eigenvalue weighted by atomic mass is 16.2. The molecular formula is C15H21N5O. The van der Waals surface area contributed by atoms with Gasteiger partial charge in [-0.1, -0.05) is 6.92 Å². The lowest BCUT2D eigenvalue weighted by Gasteiger charge is -2.34. The van der Waals surface area contributed by atoms with E-state index in [0.717, 1.165) is 44.5 Å². The van der Waals surface area contributed by atoms with Gasteiger partial charge in [-0.3, -0.25) is 14.6 Å². The Bertz CT molecular complexity index is 589. The first kappa shape index (κ1) is 13.9. The van der Waals surface area contributed by atoms with Gasteiger partial charge in [0.1, 0.15) is 5.69 Å². The molecular weight excluding hydrogens is 266 g/mol. The molecule has 0 spiro atoms. The number of hydrogen-bond acceptors (Lipinski definition) is 3. The first-order chi connectivity index (χ1) is 10.3. The first-order valence-corrected chi connectivity index (χ1v) is 7.63. The minimum absolute atomic E-state index is 0.0177. The molecule has 3 rings (SSSR count). The standard InChI is InChI=1S/C15H21N5O/c1-2-9-19-11-7-13(18-19)15(21)20-10-4-3-5-14(20)12-6-8-16-17-12/h6-8,11,14H,2-5,9-10H2,1H3,(H,16,17)/t14-/m0/s1. The van der Waals surface area contributed by atoms with Crippen LogP contribution in [0.1, 0.15) is 54.8 Å². The fourth-order valence-corrected chi connectivity index (χ4v) is 2.93. The Balaban J connectivity index is 1.80. The molecule has 1 amide bonds. The number of aromatic nitrogens is 4. The number of likely N-dealkylation sites (tertiary alicyclic amines) is 1. The molecule has 0 aromatic carbocycles. The van der Waals surface area contributed by atoms with Crippen molar-refractivity contribution in [2.45, 2.75) is 45.2 Å². The number of nitrogens with zero attached hydrogens (tertiary/aromatic N) is 4. The van der Waals surface area contributed by atoms with E-state index in [0.29, 0.717) is 5.69 Å². The van der Waals surface area contributed by atoms with Crippen molar-refractivity contribution in [3.05, 3.63) is 35.9 Å².